The molecular weight excluding hydrogens is 250 g/mol. The predicted molar refractivity (Wildman–Crippen MR) is 55.0 cm³/mol. The Bertz CT molecular complexity index is 327. The van der Waals surface area contributed by atoms with Gasteiger partial charge in [0.15, 0.2) is 4.67 Å². The largest absolute Gasteiger partial charge is 0.457 e. The minimum absolute atomic E-state index is 0.198. The topological polar surface area (TPSA) is 62.5 Å². The van der Waals surface area contributed by atoms with Crippen molar-refractivity contribution in [3.63, 3.8) is 0 Å². The van der Waals surface area contributed by atoms with Gasteiger partial charge in [-0.25, -0.2) is 0 Å². The summed E-state index contributed by atoms with van der Waals surface area (Å²) >= 11 is 3.10. The number of halogens is 1. The third kappa shape index (κ3) is 3.16. The summed E-state index contributed by atoms with van der Waals surface area (Å²) in [5.41, 5.74) is -0.486. The smallest absolute Gasteiger partial charge is 0.255 e. The van der Waals surface area contributed by atoms with Crippen LogP contribution in [0, 0.1) is 0 Å². The number of carbonyl (C=O) groups is 1. The Morgan fingerprint density at radius 3 is 2.79 bits per heavy atom. The maximum atomic E-state index is 11.5. The highest BCUT2D eigenvalue weighted by Gasteiger charge is 2.17. The van der Waals surface area contributed by atoms with E-state index >= 15 is 0 Å². The molecule has 4 nitrogen and oxygen atoms in total. The van der Waals surface area contributed by atoms with E-state index in [0.29, 0.717) is 10.2 Å². The SMILES string of the molecule is CC(C)(O)CNC(=O)c1ccoc1Br. The van der Waals surface area contributed by atoms with Crippen LogP contribution in [0.2, 0.25) is 0 Å². The van der Waals surface area contributed by atoms with Crippen molar-refractivity contribution in [1.29, 1.82) is 0 Å². The van der Waals surface area contributed by atoms with E-state index in [9.17, 15) is 9.90 Å². The second-order valence-corrected chi connectivity index (χ2v) is 4.32. The summed E-state index contributed by atoms with van der Waals surface area (Å²) in [5, 5.41) is 12.0. The van der Waals surface area contributed by atoms with Crippen LogP contribution in [0.15, 0.2) is 21.4 Å². The van der Waals surface area contributed by atoms with Crippen LogP contribution in [0.1, 0.15) is 24.2 Å². The van der Waals surface area contributed by atoms with Crippen LogP contribution in [0.25, 0.3) is 0 Å². The number of rotatable bonds is 3. The van der Waals surface area contributed by atoms with Crippen molar-refractivity contribution in [1.82, 2.24) is 5.32 Å². The third-order valence-corrected chi connectivity index (χ3v) is 2.16. The highest BCUT2D eigenvalue weighted by Crippen LogP contribution is 2.17. The minimum Gasteiger partial charge on any atom is -0.457 e. The van der Waals surface area contributed by atoms with Gasteiger partial charge in [0.1, 0.15) is 0 Å². The Kier molecular flexibility index (Phi) is 3.34. The standard InChI is InChI=1S/C9H12BrNO3/c1-9(2,13)5-11-8(12)6-3-4-14-7(6)10/h3-4,13H,5H2,1-2H3,(H,11,12). The van der Waals surface area contributed by atoms with Crippen LogP contribution >= 0.6 is 15.9 Å². The molecule has 1 aromatic rings. The molecule has 1 rings (SSSR count). The van der Waals surface area contributed by atoms with Crippen LogP contribution in [0.4, 0.5) is 0 Å². The fraction of sp³-hybridized carbons (Fsp3) is 0.444. The van der Waals surface area contributed by atoms with E-state index in [1.165, 1.54) is 6.26 Å². The lowest BCUT2D eigenvalue weighted by molar-refractivity contribution is 0.0693. The Hall–Kier alpha value is -0.810. The van der Waals surface area contributed by atoms with Gasteiger partial charge in [-0.3, -0.25) is 4.79 Å². The number of nitrogens with one attached hydrogen (secondary N) is 1. The molecule has 0 radical (unpaired) electrons. The van der Waals surface area contributed by atoms with Gasteiger partial charge in [0, 0.05) is 6.54 Å². The van der Waals surface area contributed by atoms with Gasteiger partial charge >= 0.3 is 0 Å². The summed E-state index contributed by atoms with van der Waals surface area (Å²) in [6, 6.07) is 1.56. The fourth-order valence-electron chi connectivity index (χ4n) is 0.848. The average molecular weight is 262 g/mol. The van der Waals surface area contributed by atoms with E-state index in [2.05, 4.69) is 21.2 Å². The van der Waals surface area contributed by atoms with Crippen molar-refractivity contribution in [2.75, 3.05) is 6.54 Å². The Morgan fingerprint density at radius 1 is 1.71 bits per heavy atom. The molecule has 14 heavy (non-hydrogen) atoms. The van der Waals surface area contributed by atoms with Gasteiger partial charge in [-0.05, 0) is 35.8 Å². The van der Waals surface area contributed by atoms with Gasteiger partial charge in [-0.15, -0.1) is 0 Å². The Balaban J connectivity index is 2.56. The number of furan rings is 1. The van der Waals surface area contributed by atoms with Crippen molar-refractivity contribution < 1.29 is 14.3 Å². The van der Waals surface area contributed by atoms with Gasteiger partial charge in [0.2, 0.25) is 0 Å². The van der Waals surface area contributed by atoms with Crippen LogP contribution in [0.3, 0.4) is 0 Å². The summed E-state index contributed by atoms with van der Waals surface area (Å²) in [6.45, 7) is 3.44. The molecule has 1 amide bonds. The molecule has 0 aliphatic heterocycles. The average Bonchev–Trinajstić information content (AvgIpc) is 2.46. The van der Waals surface area contributed by atoms with Gasteiger partial charge in [0.05, 0.1) is 17.4 Å². The molecule has 1 heterocycles. The fourth-order valence-corrected chi connectivity index (χ4v) is 1.27. The van der Waals surface area contributed by atoms with E-state index < -0.39 is 5.60 Å². The summed E-state index contributed by atoms with van der Waals surface area (Å²) in [7, 11) is 0. The first-order valence-corrected chi connectivity index (χ1v) is 4.93. The lowest BCUT2D eigenvalue weighted by Crippen LogP contribution is -2.38. The molecule has 0 bridgehead atoms. The zero-order valence-electron chi connectivity index (χ0n) is 8.00. The van der Waals surface area contributed by atoms with Crippen molar-refractivity contribution >= 4 is 21.8 Å². The van der Waals surface area contributed by atoms with Crippen LogP contribution < -0.4 is 5.32 Å². The van der Waals surface area contributed by atoms with E-state index in [-0.39, 0.29) is 12.5 Å². The monoisotopic (exact) mass is 261 g/mol. The zero-order valence-corrected chi connectivity index (χ0v) is 9.59. The van der Waals surface area contributed by atoms with Crippen molar-refractivity contribution in [2.45, 2.75) is 19.4 Å². The molecule has 0 unspecified atom stereocenters. The summed E-state index contributed by atoms with van der Waals surface area (Å²) in [4.78, 5) is 11.5. The van der Waals surface area contributed by atoms with Crippen LogP contribution in [-0.2, 0) is 0 Å². The molecule has 5 heteroatoms. The molecule has 0 aromatic carbocycles. The molecule has 0 spiro atoms. The summed E-state index contributed by atoms with van der Waals surface area (Å²) in [6.07, 6.45) is 1.42. The molecule has 0 saturated carbocycles. The lowest BCUT2D eigenvalue weighted by atomic mass is 10.1. The number of carbonyl (C=O) groups excluding carboxylic acids is 1. The molecule has 78 valence electrons. The van der Waals surface area contributed by atoms with Crippen molar-refractivity contribution in [2.24, 2.45) is 0 Å². The highest BCUT2D eigenvalue weighted by atomic mass is 79.9. The van der Waals surface area contributed by atoms with Crippen LogP contribution in [-0.4, -0.2) is 23.2 Å². The quantitative estimate of drug-likeness (QED) is 0.868. The highest BCUT2D eigenvalue weighted by molar-refractivity contribution is 9.10. The van der Waals surface area contributed by atoms with E-state index in [4.69, 9.17) is 4.42 Å². The second-order valence-electron chi connectivity index (χ2n) is 3.60. The van der Waals surface area contributed by atoms with Gasteiger partial charge in [-0.2, -0.15) is 0 Å². The van der Waals surface area contributed by atoms with Gasteiger partial charge in [0.25, 0.3) is 5.91 Å². The van der Waals surface area contributed by atoms with Gasteiger partial charge in [-0.1, -0.05) is 0 Å². The molecule has 0 atom stereocenters. The molecule has 0 saturated heterocycles. The number of hydrogen-bond acceptors (Lipinski definition) is 3. The maximum absolute atomic E-state index is 11.5. The number of hydrogen-bond donors (Lipinski definition) is 2. The number of aliphatic hydroxyl groups is 1. The zero-order chi connectivity index (χ0) is 10.8. The Morgan fingerprint density at radius 2 is 2.36 bits per heavy atom. The second kappa shape index (κ2) is 4.14. The normalized spacial score (nSPS) is 11.4. The lowest BCUT2D eigenvalue weighted by Gasteiger charge is -2.17. The van der Waals surface area contributed by atoms with Gasteiger partial charge < -0.3 is 14.8 Å². The molecule has 0 aliphatic carbocycles. The summed E-state index contributed by atoms with van der Waals surface area (Å²) < 4.78 is 5.31. The first-order valence-electron chi connectivity index (χ1n) is 4.14. The van der Waals surface area contributed by atoms with Crippen LogP contribution in [0.5, 0.6) is 0 Å². The Labute approximate surface area is 90.4 Å². The molecule has 0 fully saturated rings. The van der Waals surface area contributed by atoms with E-state index in [1.54, 1.807) is 19.9 Å². The predicted octanol–water partition coefficient (Wildman–Crippen LogP) is 1.54. The number of amides is 1. The first-order chi connectivity index (χ1) is 6.40. The first kappa shape index (κ1) is 11.3. The molecule has 1 aromatic heterocycles. The van der Waals surface area contributed by atoms with Crippen molar-refractivity contribution in [3.05, 3.63) is 22.6 Å². The van der Waals surface area contributed by atoms with E-state index in [1.807, 2.05) is 0 Å². The van der Waals surface area contributed by atoms with E-state index in [0.717, 1.165) is 0 Å². The molecule has 0 aliphatic rings. The minimum atomic E-state index is -0.911. The molecule has 2 N–H and O–H groups in total. The third-order valence-electron chi connectivity index (χ3n) is 1.54. The van der Waals surface area contributed by atoms with Crippen molar-refractivity contribution in [3.8, 4) is 0 Å². The maximum Gasteiger partial charge on any atom is 0.255 e. The summed E-state index contributed by atoms with van der Waals surface area (Å²) in [5.74, 6) is -0.271. The molecular formula is C9H12BrNO3.